The average molecular weight is 379 g/mol. The maximum Gasteiger partial charge on any atom is 0.223 e. The number of fused-ring (bicyclic) bond motifs is 1. The standard InChI is InChI=1S/C24H30N2O2/c27-24(13-12-22-11-6-18-28-22)26-16-5-10-21-19-25(17-14-23(21)26)15-4-9-20-7-2-1-3-8-20/h1-4,6-9,11,18,21,23H,5,10,12-17,19H2/b9-4+/t21-,23-/m1/s1. The van der Waals surface area contributed by atoms with Gasteiger partial charge in [-0.1, -0.05) is 42.5 Å². The number of hydrogen-bond donors (Lipinski definition) is 0. The fourth-order valence-corrected chi connectivity index (χ4v) is 4.68. The number of benzene rings is 1. The highest BCUT2D eigenvalue weighted by molar-refractivity contribution is 5.77. The van der Waals surface area contributed by atoms with Crippen LogP contribution in [0.15, 0.2) is 59.2 Å². The SMILES string of the molecule is O=C(CCc1ccco1)N1CCC[C@@H]2CN(C/C=C/c3ccccc3)CC[C@H]21. The van der Waals surface area contributed by atoms with Gasteiger partial charge in [0.1, 0.15) is 5.76 Å². The second kappa shape index (κ2) is 9.24. The summed E-state index contributed by atoms with van der Waals surface area (Å²) in [6.45, 7) is 4.09. The Kier molecular flexibility index (Phi) is 6.27. The number of carbonyl (C=O) groups excluding carboxylic acids is 1. The van der Waals surface area contributed by atoms with Gasteiger partial charge in [-0.25, -0.2) is 0 Å². The summed E-state index contributed by atoms with van der Waals surface area (Å²) in [6, 6.07) is 14.7. The van der Waals surface area contributed by atoms with Gasteiger partial charge >= 0.3 is 0 Å². The van der Waals surface area contributed by atoms with Crippen molar-refractivity contribution in [1.82, 2.24) is 9.80 Å². The molecule has 0 bridgehead atoms. The Bertz CT molecular complexity index is 769. The van der Waals surface area contributed by atoms with Gasteiger partial charge in [-0.2, -0.15) is 0 Å². The van der Waals surface area contributed by atoms with Gasteiger partial charge in [0.05, 0.1) is 6.26 Å². The van der Waals surface area contributed by atoms with Crippen molar-refractivity contribution in [3.05, 3.63) is 66.1 Å². The fourth-order valence-electron chi connectivity index (χ4n) is 4.68. The maximum atomic E-state index is 12.8. The van der Waals surface area contributed by atoms with E-state index in [-0.39, 0.29) is 0 Å². The maximum absolute atomic E-state index is 12.8. The van der Waals surface area contributed by atoms with Crippen molar-refractivity contribution in [2.45, 2.75) is 38.1 Å². The van der Waals surface area contributed by atoms with Crippen LogP contribution in [0.1, 0.15) is 37.0 Å². The van der Waals surface area contributed by atoms with Crippen LogP contribution >= 0.6 is 0 Å². The van der Waals surface area contributed by atoms with E-state index >= 15 is 0 Å². The highest BCUT2D eigenvalue weighted by Gasteiger charge is 2.37. The molecule has 1 amide bonds. The minimum Gasteiger partial charge on any atom is -0.469 e. The lowest BCUT2D eigenvalue weighted by Crippen LogP contribution is -2.55. The molecule has 2 saturated heterocycles. The van der Waals surface area contributed by atoms with Crippen molar-refractivity contribution in [2.24, 2.45) is 5.92 Å². The van der Waals surface area contributed by atoms with E-state index < -0.39 is 0 Å². The van der Waals surface area contributed by atoms with Crippen LogP contribution in [0.5, 0.6) is 0 Å². The molecule has 4 rings (SSSR count). The summed E-state index contributed by atoms with van der Waals surface area (Å²) in [7, 11) is 0. The lowest BCUT2D eigenvalue weighted by Gasteiger charge is -2.47. The summed E-state index contributed by atoms with van der Waals surface area (Å²) in [6.07, 6.45) is 10.9. The first-order chi connectivity index (χ1) is 13.8. The van der Waals surface area contributed by atoms with Crippen molar-refractivity contribution < 1.29 is 9.21 Å². The van der Waals surface area contributed by atoms with E-state index in [0.29, 0.717) is 30.7 Å². The third-order valence-electron chi connectivity index (χ3n) is 6.11. The zero-order chi connectivity index (χ0) is 19.2. The molecule has 4 nitrogen and oxygen atoms in total. The number of rotatable bonds is 6. The molecule has 2 fully saturated rings. The number of aryl methyl sites for hydroxylation is 1. The molecular weight excluding hydrogens is 348 g/mol. The van der Waals surface area contributed by atoms with E-state index in [0.717, 1.165) is 44.8 Å². The number of likely N-dealkylation sites (tertiary alicyclic amines) is 2. The van der Waals surface area contributed by atoms with Gasteiger partial charge < -0.3 is 9.32 Å². The molecule has 3 heterocycles. The molecular formula is C24H30N2O2. The van der Waals surface area contributed by atoms with Crippen LogP contribution in [0, 0.1) is 5.92 Å². The average Bonchev–Trinajstić information content (AvgIpc) is 3.26. The Morgan fingerprint density at radius 1 is 1.11 bits per heavy atom. The topological polar surface area (TPSA) is 36.7 Å². The lowest BCUT2D eigenvalue weighted by molar-refractivity contribution is -0.138. The summed E-state index contributed by atoms with van der Waals surface area (Å²) in [5.41, 5.74) is 1.25. The Balaban J connectivity index is 1.28. The van der Waals surface area contributed by atoms with E-state index in [1.807, 2.05) is 18.2 Å². The number of amides is 1. The molecule has 4 heteroatoms. The quantitative estimate of drug-likeness (QED) is 0.754. The van der Waals surface area contributed by atoms with Crippen LogP contribution in [0.25, 0.3) is 6.08 Å². The minimum absolute atomic E-state index is 0.295. The van der Waals surface area contributed by atoms with Crippen molar-refractivity contribution in [3.8, 4) is 0 Å². The summed E-state index contributed by atoms with van der Waals surface area (Å²) >= 11 is 0. The van der Waals surface area contributed by atoms with Crippen molar-refractivity contribution in [1.29, 1.82) is 0 Å². The molecule has 0 radical (unpaired) electrons. The number of piperidine rings is 2. The molecule has 2 aliphatic heterocycles. The number of carbonyl (C=O) groups is 1. The number of furan rings is 1. The highest BCUT2D eigenvalue weighted by Crippen LogP contribution is 2.31. The largest absolute Gasteiger partial charge is 0.469 e. The van der Waals surface area contributed by atoms with E-state index in [2.05, 4.69) is 46.2 Å². The second-order valence-electron chi connectivity index (χ2n) is 8.00. The molecule has 0 saturated carbocycles. The molecule has 0 spiro atoms. The molecule has 1 aromatic heterocycles. The van der Waals surface area contributed by atoms with Crippen LogP contribution in [-0.2, 0) is 11.2 Å². The first-order valence-electron chi connectivity index (χ1n) is 10.6. The highest BCUT2D eigenvalue weighted by atomic mass is 16.3. The van der Waals surface area contributed by atoms with Gasteiger partial charge in [0.25, 0.3) is 0 Å². The summed E-state index contributed by atoms with van der Waals surface area (Å²) in [5.74, 6) is 1.81. The molecule has 2 atom stereocenters. The monoisotopic (exact) mass is 378 g/mol. The second-order valence-corrected chi connectivity index (χ2v) is 8.00. The van der Waals surface area contributed by atoms with Gasteiger partial charge in [-0.3, -0.25) is 9.69 Å². The van der Waals surface area contributed by atoms with Crippen molar-refractivity contribution >= 4 is 12.0 Å². The van der Waals surface area contributed by atoms with Crippen LogP contribution in [0.2, 0.25) is 0 Å². The molecule has 1 aromatic carbocycles. The predicted molar refractivity (Wildman–Crippen MR) is 112 cm³/mol. The zero-order valence-electron chi connectivity index (χ0n) is 16.5. The van der Waals surface area contributed by atoms with E-state index in [4.69, 9.17) is 4.42 Å². The summed E-state index contributed by atoms with van der Waals surface area (Å²) < 4.78 is 5.38. The summed E-state index contributed by atoms with van der Waals surface area (Å²) in [5, 5.41) is 0. The van der Waals surface area contributed by atoms with E-state index in [1.165, 1.54) is 12.0 Å². The van der Waals surface area contributed by atoms with E-state index in [1.54, 1.807) is 6.26 Å². The van der Waals surface area contributed by atoms with Gasteiger partial charge in [0, 0.05) is 45.1 Å². The molecule has 0 unspecified atom stereocenters. The molecule has 2 aliphatic rings. The Labute approximate surface area is 167 Å². The first-order valence-corrected chi connectivity index (χ1v) is 10.6. The minimum atomic E-state index is 0.295. The lowest BCUT2D eigenvalue weighted by atomic mass is 9.83. The van der Waals surface area contributed by atoms with Gasteiger partial charge in [-0.15, -0.1) is 0 Å². The van der Waals surface area contributed by atoms with E-state index in [9.17, 15) is 4.79 Å². The first kappa shape index (κ1) is 19.0. The van der Waals surface area contributed by atoms with Gasteiger partial charge in [0.2, 0.25) is 5.91 Å². The predicted octanol–water partition coefficient (Wildman–Crippen LogP) is 4.24. The zero-order valence-corrected chi connectivity index (χ0v) is 16.5. The van der Waals surface area contributed by atoms with Crippen LogP contribution in [0.4, 0.5) is 0 Å². The Morgan fingerprint density at radius 2 is 2.00 bits per heavy atom. The molecule has 2 aromatic rings. The smallest absolute Gasteiger partial charge is 0.223 e. The van der Waals surface area contributed by atoms with Crippen molar-refractivity contribution in [2.75, 3.05) is 26.2 Å². The third-order valence-corrected chi connectivity index (χ3v) is 6.11. The van der Waals surface area contributed by atoms with Crippen molar-refractivity contribution in [3.63, 3.8) is 0 Å². The van der Waals surface area contributed by atoms with Gasteiger partial charge in [0.15, 0.2) is 0 Å². The molecule has 0 aliphatic carbocycles. The molecule has 28 heavy (non-hydrogen) atoms. The number of hydrogen-bond acceptors (Lipinski definition) is 3. The summed E-state index contributed by atoms with van der Waals surface area (Å²) in [4.78, 5) is 17.5. The van der Waals surface area contributed by atoms with Gasteiger partial charge in [-0.05, 0) is 42.9 Å². The Morgan fingerprint density at radius 3 is 2.82 bits per heavy atom. The molecule has 0 N–H and O–H groups in total. The third kappa shape index (κ3) is 4.74. The normalized spacial score (nSPS) is 23.1. The fraction of sp³-hybridized carbons (Fsp3) is 0.458. The van der Waals surface area contributed by atoms with Crippen LogP contribution < -0.4 is 0 Å². The number of nitrogens with zero attached hydrogens (tertiary/aromatic N) is 2. The Hall–Kier alpha value is -2.33. The molecule has 148 valence electrons. The van der Waals surface area contributed by atoms with Crippen LogP contribution in [-0.4, -0.2) is 47.9 Å². The van der Waals surface area contributed by atoms with Crippen LogP contribution in [0.3, 0.4) is 0 Å².